The third-order valence-electron chi connectivity index (χ3n) is 8.16. The smallest absolute Gasteiger partial charge is 0.416 e. The first-order valence-corrected chi connectivity index (χ1v) is 13.0. The molecule has 0 unspecified atom stereocenters. The molecule has 0 bridgehead atoms. The Morgan fingerprint density at radius 3 is 2.64 bits per heavy atom. The minimum absolute atomic E-state index is 0.117. The minimum atomic E-state index is -4.55. The Kier molecular flexibility index (Phi) is 7.13. The summed E-state index contributed by atoms with van der Waals surface area (Å²) in [5.41, 5.74) is -0.214. The molecule has 8 nitrogen and oxygen atoms in total. The summed E-state index contributed by atoms with van der Waals surface area (Å²) in [7, 11) is 1.55. The molecule has 1 atom stereocenters. The van der Waals surface area contributed by atoms with Gasteiger partial charge in [0.25, 0.3) is 5.91 Å². The third-order valence-corrected chi connectivity index (χ3v) is 8.16. The van der Waals surface area contributed by atoms with Crippen molar-refractivity contribution < 1.29 is 32.6 Å². The van der Waals surface area contributed by atoms with Gasteiger partial charge in [-0.05, 0) is 62.8 Å². The number of aliphatic imine (C=N–C) groups is 1. The Bertz CT molecular complexity index is 1270. The molecule has 1 aliphatic heterocycles. The number of rotatable bonds is 6. The van der Waals surface area contributed by atoms with Crippen molar-refractivity contribution in [2.24, 2.45) is 10.4 Å². The average molecular weight is 545 g/mol. The molecule has 2 N–H and O–H groups in total. The molecular formula is C28H31F3N4O4. The van der Waals surface area contributed by atoms with E-state index in [-0.39, 0.29) is 29.5 Å². The summed E-state index contributed by atoms with van der Waals surface area (Å²) in [5.74, 6) is -0.488. The highest BCUT2D eigenvalue weighted by Crippen LogP contribution is 2.51. The van der Waals surface area contributed by atoms with Gasteiger partial charge in [-0.25, -0.2) is 4.98 Å². The molecule has 208 valence electrons. The Hall–Kier alpha value is -3.47. The van der Waals surface area contributed by atoms with E-state index in [1.165, 1.54) is 12.1 Å². The first-order valence-electron chi connectivity index (χ1n) is 13.0. The zero-order valence-corrected chi connectivity index (χ0v) is 21.6. The molecule has 2 aliphatic carbocycles. The predicted molar refractivity (Wildman–Crippen MR) is 136 cm³/mol. The Balaban J connectivity index is 1.10. The second kappa shape index (κ2) is 10.3. The molecular weight excluding hydrogens is 513 g/mol. The highest BCUT2D eigenvalue weighted by Gasteiger charge is 2.55. The molecule has 5 rings (SSSR count). The van der Waals surface area contributed by atoms with Gasteiger partial charge < -0.3 is 20.1 Å². The summed E-state index contributed by atoms with van der Waals surface area (Å²) in [5, 5.41) is 13.6. The second-order valence-corrected chi connectivity index (χ2v) is 10.7. The first kappa shape index (κ1) is 27.1. The van der Waals surface area contributed by atoms with Gasteiger partial charge in [0.2, 0.25) is 11.8 Å². The number of likely N-dealkylation sites (tertiary alicyclic amines) is 1. The summed E-state index contributed by atoms with van der Waals surface area (Å²) in [6.07, 6.45) is 1.43. The first-order chi connectivity index (χ1) is 18.5. The number of hydrogen-bond acceptors (Lipinski definition) is 6. The number of aliphatic hydroxyl groups is 1. The number of aromatic nitrogens is 1. The summed E-state index contributed by atoms with van der Waals surface area (Å²) >= 11 is 0. The summed E-state index contributed by atoms with van der Waals surface area (Å²) < 4.78 is 43.8. The molecule has 39 heavy (non-hydrogen) atoms. The molecule has 1 saturated heterocycles. The number of amides is 2. The number of alkyl halides is 3. The molecule has 1 aromatic heterocycles. The van der Waals surface area contributed by atoms with E-state index in [1.54, 1.807) is 24.3 Å². The molecule has 2 heterocycles. The normalized spacial score (nSPS) is 27.6. The molecule has 2 aromatic rings. The van der Waals surface area contributed by atoms with Gasteiger partial charge in [-0.1, -0.05) is 6.07 Å². The topological polar surface area (TPSA) is 104 Å². The summed E-state index contributed by atoms with van der Waals surface area (Å²) in [4.78, 5) is 35.9. The largest absolute Gasteiger partial charge is 0.481 e. The monoisotopic (exact) mass is 544 g/mol. The van der Waals surface area contributed by atoms with Crippen LogP contribution in [0.5, 0.6) is 5.88 Å². The van der Waals surface area contributed by atoms with E-state index in [9.17, 15) is 27.9 Å². The Morgan fingerprint density at radius 1 is 1.21 bits per heavy atom. The van der Waals surface area contributed by atoms with Crippen molar-refractivity contribution in [2.45, 2.75) is 56.3 Å². The summed E-state index contributed by atoms with van der Waals surface area (Å²) in [6.45, 7) is 0.795. The number of pyridine rings is 1. The maximum absolute atomic E-state index is 12.9. The predicted octanol–water partition coefficient (Wildman–Crippen LogP) is 3.73. The summed E-state index contributed by atoms with van der Waals surface area (Å²) in [6, 6.07) is 7.84. The van der Waals surface area contributed by atoms with Gasteiger partial charge in [0.15, 0.2) is 0 Å². The van der Waals surface area contributed by atoms with E-state index in [4.69, 9.17) is 9.73 Å². The number of ether oxygens (including phenoxy) is 1. The van der Waals surface area contributed by atoms with Crippen molar-refractivity contribution in [3.63, 3.8) is 0 Å². The molecule has 1 aromatic carbocycles. The number of methoxy groups -OCH3 is 1. The van der Waals surface area contributed by atoms with Crippen LogP contribution < -0.4 is 10.1 Å². The third kappa shape index (κ3) is 5.78. The van der Waals surface area contributed by atoms with Gasteiger partial charge in [-0.3, -0.25) is 14.6 Å². The zero-order chi connectivity index (χ0) is 27.8. The van der Waals surface area contributed by atoms with Crippen LogP contribution in [0.1, 0.15) is 60.0 Å². The van der Waals surface area contributed by atoms with Crippen LogP contribution in [0.4, 0.5) is 13.2 Å². The van der Waals surface area contributed by atoms with Crippen LogP contribution >= 0.6 is 0 Å². The number of nitrogens with one attached hydrogen (secondary N) is 1. The molecule has 2 saturated carbocycles. The zero-order valence-electron chi connectivity index (χ0n) is 21.6. The molecule has 3 fully saturated rings. The average Bonchev–Trinajstić information content (AvgIpc) is 3.40. The number of nitrogens with zero attached hydrogens (tertiary/aromatic N) is 3. The molecule has 1 spiro atoms. The van der Waals surface area contributed by atoms with Gasteiger partial charge in [0, 0.05) is 47.6 Å². The highest BCUT2D eigenvalue weighted by atomic mass is 19.4. The molecule has 0 radical (unpaired) electrons. The number of hydrogen-bond donors (Lipinski definition) is 2. The standard InChI is InChI=1S/C28H31F3N4O4/c1-39-23-6-5-20(15-32-23)27(38)9-7-21(8-10-27)34-22-14-26(22)11-12-35(17-26)24(36)16-33-25(37)18-3-2-4-19(13-18)28(29,30)31/h2-6,13,15,21,38H,7-12,14,16-17H2,1H3,(H,33,37)/t21?,26-,27?/m1/s1. The fraction of sp³-hybridized carbons (Fsp3) is 0.500. The van der Waals surface area contributed by atoms with Gasteiger partial charge in [0.05, 0.1) is 30.9 Å². The van der Waals surface area contributed by atoms with Crippen molar-refractivity contribution >= 4 is 17.5 Å². The number of benzene rings is 1. The second-order valence-electron chi connectivity index (χ2n) is 10.7. The lowest BCUT2D eigenvalue weighted by molar-refractivity contribution is -0.137. The lowest BCUT2D eigenvalue weighted by Crippen LogP contribution is -2.39. The van der Waals surface area contributed by atoms with Crippen molar-refractivity contribution in [3.8, 4) is 5.88 Å². The van der Waals surface area contributed by atoms with Gasteiger partial charge >= 0.3 is 6.18 Å². The van der Waals surface area contributed by atoms with Crippen LogP contribution in [-0.2, 0) is 16.6 Å². The van der Waals surface area contributed by atoms with Crippen LogP contribution in [0.15, 0.2) is 47.6 Å². The van der Waals surface area contributed by atoms with Gasteiger partial charge in [0.1, 0.15) is 0 Å². The van der Waals surface area contributed by atoms with Crippen molar-refractivity contribution in [3.05, 3.63) is 59.3 Å². The minimum Gasteiger partial charge on any atom is -0.481 e. The van der Waals surface area contributed by atoms with E-state index in [2.05, 4.69) is 10.3 Å². The van der Waals surface area contributed by atoms with Gasteiger partial charge in [-0.15, -0.1) is 0 Å². The maximum atomic E-state index is 12.9. The number of carbonyl (C=O) groups is 2. The fourth-order valence-electron chi connectivity index (χ4n) is 5.63. The van der Waals surface area contributed by atoms with Crippen molar-refractivity contribution in [1.82, 2.24) is 15.2 Å². The van der Waals surface area contributed by atoms with E-state index >= 15 is 0 Å². The highest BCUT2D eigenvalue weighted by molar-refractivity contribution is 6.06. The van der Waals surface area contributed by atoms with E-state index in [0.717, 1.165) is 49.1 Å². The van der Waals surface area contributed by atoms with Crippen LogP contribution in [0.25, 0.3) is 0 Å². The number of carbonyl (C=O) groups excluding carboxylic acids is 2. The lowest BCUT2D eigenvalue weighted by Gasteiger charge is -2.35. The van der Waals surface area contributed by atoms with Crippen molar-refractivity contribution in [1.29, 1.82) is 0 Å². The van der Waals surface area contributed by atoms with Crippen molar-refractivity contribution in [2.75, 3.05) is 26.7 Å². The van der Waals surface area contributed by atoms with E-state index in [1.807, 2.05) is 6.07 Å². The number of halogens is 3. The van der Waals surface area contributed by atoms with Crippen LogP contribution in [0.3, 0.4) is 0 Å². The molecule has 3 aliphatic rings. The Morgan fingerprint density at radius 2 is 1.97 bits per heavy atom. The Labute approximate surface area is 224 Å². The van der Waals surface area contributed by atoms with Crippen LogP contribution in [-0.4, -0.2) is 65.3 Å². The van der Waals surface area contributed by atoms with Crippen LogP contribution in [0, 0.1) is 5.41 Å². The lowest BCUT2D eigenvalue weighted by atomic mass is 9.78. The van der Waals surface area contributed by atoms with E-state index in [0.29, 0.717) is 31.8 Å². The fourth-order valence-corrected chi connectivity index (χ4v) is 5.63. The van der Waals surface area contributed by atoms with Gasteiger partial charge in [-0.2, -0.15) is 13.2 Å². The SMILES string of the molecule is COc1ccc(C2(O)CCC(N=C3C[C@@]34CCN(C(=O)CNC(=O)c3cccc(C(F)(F)F)c3)C4)CC2)cn1. The quantitative estimate of drug-likeness (QED) is 0.577. The molecule has 11 heteroatoms. The molecule has 2 amide bonds. The maximum Gasteiger partial charge on any atom is 0.416 e. The van der Waals surface area contributed by atoms with Crippen LogP contribution in [0.2, 0.25) is 0 Å². The van der Waals surface area contributed by atoms with E-state index < -0.39 is 23.2 Å².